The van der Waals surface area contributed by atoms with Gasteiger partial charge in [0, 0.05) is 24.3 Å². The van der Waals surface area contributed by atoms with Crippen molar-refractivity contribution < 1.29 is 4.79 Å². The van der Waals surface area contributed by atoms with E-state index in [-0.39, 0.29) is 17.9 Å². The van der Waals surface area contributed by atoms with E-state index in [0.29, 0.717) is 0 Å². The zero-order valence-corrected chi connectivity index (χ0v) is 12.3. The zero-order chi connectivity index (χ0) is 14.8. The summed E-state index contributed by atoms with van der Waals surface area (Å²) in [6.45, 7) is 4.91. The normalized spacial score (nSPS) is 17.2. The molecule has 0 saturated heterocycles. The lowest BCUT2D eigenvalue weighted by molar-refractivity contribution is -0.117. The summed E-state index contributed by atoms with van der Waals surface area (Å²) in [6, 6.07) is 10.1. The second-order valence-corrected chi connectivity index (χ2v) is 5.60. The fourth-order valence-electron chi connectivity index (χ4n) is 2.78. The second-order valence-electron chi connectivity index (χ2n) is 5.60. The van der Waals surface area contributed by atoms with Crippen LogP contribution in [0.5, 0.6) is 0 Å². The average Bonchev–Trinajstić information content (AvgIpc) is 2.95. The maximum atomic E-state index is 12.6. The quantitative estimate of drug-likeness (QED) is 0.911. The van der Waals surface area contributed by atoms with Gasteiger partial charge in [-0.05, 0) is 31.9 Å². The van der Waals surface area contributed by atoms with Gasteiger partial charge in [-0.1, -0.05) is 18.2 Å². The van der Waals surface area contributed by atoms with Gasteiger partial charge >= 0.3 is 0 Å². The van der Waals surface area contributed by atoms with E-state index in [2.05, 4.69) is 15.7 Å². The number of aromatic nitrogens is 2. The van der Waals surface area contributed by atoms with Crippen molar-refractivity contribution >= 4 is 17.4 Å². The SMILES string of the molecule is CC(C)n1nccc1NC(=O)C1CCNc2ccccc21. The monoisotopic (exact) mass is 284 g/mol. The maximum absolute atomic E-state index is 12.6. The minimum atomic E-state index is -0.113. The smallest absolute Gasteiger partial charge is 0.233 e. The third-order valence-corrected chi connectivity index (χ3v) is 3.81. The van der Waals surface area contributed by atoms with Crippen molar-refractivity contribution in [1.29, 1.82) is 0 Å². The highest BCUT2D eigenvalue weighted by Gasteiger charge is 2.26. The number of rotatable bonds is 3. The van der Waals surface area contributed by atoms with Crippen LogP contribution in [-0.2, 0) is 4.79 Å². The molecule has 0 radical (unpaired) electrons. The number of amides is 1. The van der Waals surface area contributed by atoms with Crippen LogP contribution in [0.15, 0.2) is 36.5 Å². The molecule has 2 aromatic rings. The molecule has 1 atom stereocenters. The van der Waals surface area contributed by atoms with Gasteiger partial charge in [0.25, 0.3) is 0 Å². The molecule has 110 valence electrons. The van der Waals surface area contributed by atoms with Gasteiger partial charge in [-0.3, -0.25) is 4.79 Å². The predicted molar refractivity (Wildman–Crippen MR) is 83.5 cm³/mol. The summed E-state index contributed by atoms with van der Waals surface area (Å²) >= 11 is 0. The molecular formula is C16H20N4O. The van der Waals surface area contributed by atoms with E-state index in [0.717, 1.165) is 30.0 Å². The molecule has 3 rings (SSSR count). The minimum absolute atomic E-state index is 0.0337. The van der Waals surface area contributed by atoms with Crippen molar-refractivity contribution in [2.45, 2.75) is 32.2 Å². The Morgan fingerprint density at radius 1 is 1.38 bits per heavy atom. The summed E-state index contributed by atoms with van der Waals surface area (Å²) < 4.78 is 1.82. The lowest BCUT2D eigenvalue weighted by atomic mass is 9.90. The average molecular weight is 284 g/mol. The van der Waals surface area contributed by atoms with Crippen LogP contribution in [0.4, 0.5) is 11.5 Å². The molecule has 1 aliphatic rings. The van der Waals surface area contributed by atoms with E-state index in [1.807, 2.05) is 48.9 Å². The number of benzene rings is 1. The maximum Gasteiger partial charge on any atom is 0.233 e. The fourth-order valence-corrected chi connectivity index (χ4v) is 2.78. The van der Waals surface area contributed by atoms with Crippen LogP contribution in [0.2, 0.25) is 0 Å². The first-order valence-electron chi connectivity index (χ1n) is 7.34. The number of fused-ring (bicyclic) bond motifs is 1. The molecule has 0 fully saturated rings. The Hall–Kier alpha value is -2.30. The molecule has 5 nitrogen and oxygen atoms in total. The molecule has 1 aliphatic heterocycles. The Kier molecular flexibility index (Phi) is 3.64. The number of hydrogen-bond donors (Lipinski definition) is 2. The Morgan fingerprint density at radius 3 is 3.00 bits per heavy atom. The van der Waals surface area contributed by atoms with E-state index < -0.39 is 0 Å². The molecule has 5 heteroatoms. The van der Waals surface area contributed by atoms with Gasteiger partial charge in [-0.15, -0.1) is 0 Å². The van der Waals surface area contributed by atoms with E-state index in [9.17, 15) is 4.79 Å². The number of carbonyl (C=O) groups is 1. The van der Waals surface area contributed by atoms with Crippen molar-refractivity contribution in [3.05, 3.63) is 42.1 Å². The van der Waals surface area contributed by atoms with Crippen LogP contribution in [0.1, 0.15) is 37.8 Å². The van der Waals surface area contributed by atoms with Crippen LogP contribution in [-0.4, -0.2) is 22.2 Å². The minimum Gasteiger partial charge on any atom is -0.385 e. The van der Waals surface area contributed by atoms with E-state index in [1.165, 1.54) is 0 Å². The molecule has 0 saturated carbocycles. The van der Waals surface area contributed by atoms with Crippen molar-refractivity contribution in [2.24, 2.45) is 0 Å². The van der Waals surface area contributed by atoms with Gasteiger partial charge in [-0.25, -0.2) is 4.68 Å². The number of anilines is 2. The van der Waals surface area contributed by atoms with Gasteiger partial charge in [0.15, 0.2) is 0 Å². The van der Waals surface area contributed by atoms with Crippen LogP contribution in [0.25, 0.3) is 0 Å². The van der Waals surface area contributed by atoms with E-state index in [4.69, 9.17) is 0 Å². The van der Waals surface area contributed by atoms with Crippen LogP contribution >= 0.6 is 0 Å². The number of carbonyl (C=O) groups excluding carboxylic acids is 1. The number of hydrogen-bond acceptors (Lipinski definition) is 3. The number of para-hydroxylation sites is 1. The molecule has 2 heterocycles. The molecule has 1 unspecified atom stereocenters. The van der Waals surface area contributed by atoms with E-state index >= 15 is 0 Å². The highest BCUT2D eigenvalue weighted by Crippen LogP contribution is 2.32. The van der Waals surface area contributed by atoms with Gasteiger partial charge in [0.05, 0.1) is 12.1 Å². The second kappa shape index (κ2) is 5.60. The summed E-state index contributed by atoms with van der Waals surface area (Å²) in [4.78, 5) is 12.6. The first-order valence-corrected chi connectivity index (χ1v) is 7.34. The lowest BCUT2D eigenvalue weighted by Crippen LogP contribution is -2.28. The van der Waals surface area contributed by atoms with Crippen molar-refractivity contribution in [2.75, 3.05) is 17.2 Å². The van der Waals surface area contributed by atoms with E-state index in [1.54, 1.807) is 6.20 Å². The molecule has 1 amide bonds. The highest BCUT2D eigenvalue weighted by molar-refractivity contribution is 5.96. The van der Waals surface area contributed by atoms with Gasteiger partial charge in [-0.2, -0.15) is 5.10 Å². The van der Waals surface area contributed by atoms with Crippen LogP contribution < -0.4 is 10.6 Å². The molecule has 0 bridgehead atoms. The summed E-state index contributed by atoms with van der Waals surface area (Å²) in [5.41, 5.74) is 2.12. The fraction of sp³-hybridized carbons (Fsp3) is 0.375. The van der Waals surface area contributed by atoms with Gasteiger partial charge in [0.1, 0.15) is 5.82 Å². The molecule has 1 aromatic heterocycles. The molecule has 2 N–H and O–H groups in total. The Morgan fingerprint density at radius 2 is 2.19 bits per heavy atom. The van der Waals surface area contributed by atoms with Gasteiger partial charge in [0.2, 0.25) is 5.91 Å². The number of nitrogens with one attached hydrogen (secondary N) is 2. The Labute approximate surface area is 124 Å². The standard InChI is InChI=1S/C16H20N4O/c1-11(2)20-15(8-10-18-20)19-16(21)13-7-9-17-14-6-4-3-5-12(13)14/h3-6,8,10-11,13,17H,7,9H2,1-2H3,(H,19,21). The van der Waals surface area contributed by atoms with Crippen molar-refractivity contribution in [3.63, 3.8) is 0 Å². The molecule has 21 heavy (non-hydrogen) atoms. The molecule has 1 aromatic carbocycles. The van der Waals surface area contributed by atoms with Crippen LogP contribution in [0, 0.1) is 0 Å². The molecule has 0 spiro atoms. The predicted octanol–water partition coefficient (Wildman–Crippen LogP) is 3.00. The third kappa shape index (κ3) is 2.63. The van der Waals surface area contributed by atoms with Crippen molar-refractivity contribution in [3.8, 4) is 0 Å². The van der Waals surface area contributed by atoms with Crippen LogP contribution in [0.3, 0.4) is 0 Å². The lowest BCUT2D eigenvalue weighted by Gasteiger charge is -2.26. The van der Waals surface area contributed by atoms with Crippen molar-refractivity contribution in [1.82, 2.24) is 9.78 Å². The summed E-state index contributed by atoms with van der Waals surface area (Å²) in [6.07, 6.45) is 2.52. The topological polar surface area (TPSA) is 59.0 Å². The summed E-state index contributed by atoms with van der Waals surface area (Å²) in [5.74, 6) is 0.676. The van der Waals surface area contributed by atoms with Gasteiger partial charge < -0.3 is 10.6 Å². The largest absolute Gasteiger partial charge is 0.385 e. The molecular weight excluding hydrogens is 264 g/mol. The third-order valence-electron chi connectivity index (χ3n) is 3.81. The Balaban J connectivity index is 1.82. The zero-order valence-electron chi connectivity index (χ0n) is 12.3. The molecule has 0 aliphatic carbocycles. The summed E-state index contributed by atoms with van der Waals surface area (Å²) in [5, 5.41) is 10.6. The number of nitrogens with zero attached hydrogens (tertiary/aromatic N) is 2. The highest BCUT2D eigenvalue weighted by atomic mass is 16.2. The first kappa shape index (κ1) is 13.7. The summed E-state index contributed by atoms with van der Waals surface area (Å²) in [7, 11) is 0. The first-order chi connectivity index (χ1) is 10.2. The Bertz CT molecular complexity index is 647.